The van der Waals surface area contributed by atoms with Crippen LogP contribution in [0.25, 0.3) is 21.3 Å². The van der Waals surface area contributed by atoms with E-state index in [2.05, 4.69) is 26.2 Å². The van der Waals surface area contributed by atoms with E-state index in [1.165, 1.54) is 22.7 Å². The molecule has 4 aromatic rings. The van der Waals surface area contributed by atoms with Crippen molar-refractivity contribution in [1.29, 1.82) is 0 Å². The number of thiophene rings is 1. The highest BCUT2D eigenvalue weighted by Gasteiger charge is 2.19. The second kappa shape index (κ2) is 8.62. The first-order valence-electron chi connectivity index (χ1n) is 8.37. The molecule has 2 aromatic carbocycles. The Kier molecular flexibility index (Phi) is 5.96. The summed E-state index contributed by atoms with van der Waals surface area (Å²) in [5, 5.41) is 6.06. The monoisotopic (exact) mass is 506 g/mol. The summed E-state index contributed by atoms with van der Waals surface area (Å²) in [6.45, 7) is -0.421. The topological polar surface area (TPSA) is 68.3 Å². The van der Waals surface area contributed by atoms with Gasteiger partial charge in [0.15, 0.2) is 11.7 Å². The third-order valence-electron chi connectivity index (χ3n) is 3.93. The van der Waals surface area contributed by atoms with Gasteiger partial charge in [0.25, 0.3) is 5.91 Å². The number of anilines is 1. The summed E-state index contributed by atoms with van der Waals surface area (Å²) in [7, 11) is 0. The van der Waals surface area contributed by atoms with Crippen molar-refractivity contribution in [3.05, 3.63) is 68.3 Å². The summed E-state index contributed by atoms with van der Waals surface area (Å²) < 4.78 is 6.96. The van der Waals surface area contributed by atoms with Gasteiger partial charge in [0.05, 0.1) is 10.7 Å². The third-order valence-corrected chi connectivity index (χ3v) is 6.83. The zero-order valence-corrected chi connectivity index (χ0v) is 18.6. The number of amides is 1. The lowest BCUT2D eigenvalue weighted by Gasteiger charge is -2.04. The van der Waals surface area contributed by atoms with Crippen LogP contribution in [0, 0.1) is 0 Å². The zero-order chi connectivity index (χ0) is 20.4. The molecule has 1 N–H and O–H groups in total. The van der Waals surface area contributed by atoms with Gasteiger partial charge in [-0.2, -0.15) is 0 Å². The highest BCUT2D eigenvalue weighted by Crippen LogP contribution is 2.35. The maximum Gasteiger partial charge on any atom is 0.350 e. The van der Waals surface area contributed by atoms with E-state index in [0.29, 0.717) is 10.2 Å². The summed E-state index contributed by atoms with van der Waals surface area (Å²) in [4.78, 5) is 29.1. The number of carbonyl (C=O) groups is 2. The molecule has 0 aliphatic heterocycles. The minimum Gasteiger partial charge on any atom is -0.451 e. The summed E-state index contributed by atoms with van der Waals surface area (Å²) in [6.07, 6.45) is 0. The van der Waals surface area contributed by atoms with Crippen molar-refractivity contribution < 1.29 is 14.3 Å². The number of rotatable bonds is 5. The first kappa shape index (κ1) is 20.0. The van der Waals surface area contributed by atoms with Crippen molar-refractivity contribution in [3.8, 4) is 11.3 Å². The molecule has 4 rings (SSSR count). The number of halogens is 2. The smallest absolute Gasteiger partial charge is 0.350 e. The van der Waals surface area contributed by atoms with Crippen LogP contribution < -0.4 is 5.32 Å². The van der Waals surface area contributed by atoms with E-state index in [1.54, 1.807) is 0 Å². The fourth-order valence-corrected chi connectivity index (χ4v) is 5.15. The van der Waals surface area contributed by atoms with Crippen molar-refractivity contribution in [3.63, 3.8) is 0 Å². The molecule has 29 heavy (non-hydrogen) atoms. The molecule has 0 fully saturated rings. The Balaban J connectivity index is 1.37. The van der Waals surface area contributed by atoms with Gasteiger partial charge in [0.2, 0.25) is 0 Å². The Bertz CT molecular complexity index is 1220. The predicted octanol–water partition coefficient (Wildman–Crippen LogP) is 6.24. The molecule has 2 aromatic heterocycles. The average molecular weight is 508 g/mol. The fraction of sp³-hybridized carbons (Fsp3) is 0.0500. The van der Waals surface area contributed by atoms with E-state index in [-0.39, 0.29) is 4.88 Å². The molecule has 9 heteroatoms. The summed E-state index contributed by atoms with van der Waals surface area (Å²) in [6, 6.07) is 15.1. The number of nitrogens with zero attached hydrogens (tertiary/aromatic N) is 1. The van der Waals surface area contributed by atoms with Crippen LogP contribution in [0.3, 0.4) is 0 Å². The van der Waals surface area contributed by atoms with Crippen molar-refractivity contribution in [2.24, 2.45) is 0 Å². The fourth-order valence-electron chi connectivity index (χ4n) is 2.61. The third kappa shape index (κ3) is 4.51. The van der Waals surface area contributed by atoms with Gasteiger partial charge in [0.1, 0.15) is 4.88 Å². The number of hydrogen-bond acceptors (Lipinski definition) is 6. The van der Waals surface area contributed by atoms with E-state index in [4.69, 9.17) is 16.3 Å². The number of thiazole rings is 1. The van der Waals surface area contributed by atoms with Crippen LogP contribution in [-0.4, -0.2) is 23.5 Å². The average Bonchev–Trinajstić information content (AvgIpc) is 3.31. The largest absolute Gasteiger partial charge is 0.451 e. The summed E-state index contributed by atoms with van der Waals surface area (Å²) in [5.74, 6) is -1.09. The Morgan fingerprint density at radius 3 is 2.79 bits per heavy atom. The molecule has 146 valence electrons. The van der Waals surface area contributed by atoms with Crippen LogP contribution in [0.5, 0.6) is 0 Å². The predicted molar refractivity (Wildman–Crippen MR) is 121 cm³/mol. The molecule has 5 nitrogen and oxygen atoms in total. The van der Waals surface area contributed by atoms with E-state index in [9.17, 15) is 9.59 Å². The second-order valence-corrected chi connectivity index (χ2v) is 9.12. The Morgan fingerprint density at radius 2 is 2.00 bits per heavy atom. The van der Waals surface area contributed by atoms with Crippen LogP contribution in [0.15, 0.2) is 58.4 Å². The van der Waals surface area contributed by atoms with Crippen LogP contribution in [-0.2, 0) is 9.53 Å². The number of benzene rings is 2. The van der Waals surface area contributed by atoms with E-state index in [1.807, 2.05) is 53.9 Å². The maximum atomic E-state index is 12.3. The maximum absolute atomic E-state index is 12.3. The summed E-state index contributed by atoms with van der Waals surface area (Å²) >= 11 is 12.2. The van der Waals surface area contributed by atoms with Crippen molar-refractivity contribution in [2.45, 2.75) is 0 Å². The number of ether oxygens (including phenoxy) is 1. The van der Waals surface area contributed by atoms with Crippen molar-refractivity contribution in [2.75, 3.05) is 11.9 Å². The molecular weight excluding hydrogens is 496 g/mol. The van der Waals surface area contributed by atoms with Gasteiger partial charge in [-0.3, -0.25) is 10.1 Å². The standard InChI is InChI=1S/C20H12BrClN2O3S2/c21-12-5-3-4-11(8-12)14-10-28-20(23-14)24-16(25)9-27-19(26)18-17(22)13-6-1-2-7-15(13)29-18/h1-8,10H,9H2,(H,23,24,25). The molecule has 0 saturated carbocycles. The lowest BCUT2D eigenvalue weighted by atomic mass is 10.2. The molecule has 0 radical (unpaired) electrons. The quantitative estimate of drug-likeness (QED) is 0.325. The number of nitrogens with one attached hydrogen (secondary N) is 1. The van der Waals surface area contributed by atoms with Gasteiger partial charge in [-0.1, -0.05) is 57.9 Å². The van der Waals surface area contributed by atoms with Crippen LogP contribution in [0.1, 0.15) is 9.67 Å². The molecule has 0 spiro atoms. The number of hydrogen-bond donors (Lipinski definition) is 1. The van der Waals surface area contributed by atoms with E-state index < -0.39 is 18.5 Å². The molecule has 0 unspecified atom stereocenters. The molecule has 0 bridgehead atoms. The van der Waals surface area contributed by atoms with E-state index in [0.717, 1.165) is 25.8 Å². The molecule has 0 aliphatic carbocycles. The van der Waals surface area contributed by atoms with Crippen molar-refractivity contribution >= 4 is 77.3 Å². The lowest BCUT2D eigenvalue weighted by molar-refractivity contribution is -0.119. The van der Waals surface area contributed by atoms with Crippen molar-refractivity contribution in [1.82, 2.24) is 4.98 Å². The minimum atomic E-state index is -0.625. The number of fused-ring (bicyclic) bond motifs is 1. The highest BCUT2D eigenvalue weighted by atomic mass is 79.9. The molecule has 0 atom stereocenters. The van der Waals surface area contributed by atoms with Gasteiger partial charge in [-0.25, -0.2) is 9.78 Å². The number of carbonyl (C=O) groups excluding carboxylic acids is 2. The number of esters is 1. The first-order valence-corrected chi connectivity index (χ1v) is 11.2. The second-order valence-electron chi connectivity index (χ2n) is 5.91. The Labute approximate surface area is 187 Å². The van der Waals surface area contributed by atoms with Crippen LogP contribution in [0.4, 0.5) is 5.13 Å². The first-order chi connectivity index (χ1) is 14.0. The highest BCUT2D eigenvalue weighted by molar-refractivity contribution is 9.10. The zero-order valence-electron chi connectivity index (χ0n) is 14.6. The Morgan fingerprint density at radius 1 is 1.17 bits per heavy atom. The SMILES string of the molecule is O=C(COC(=O)c1sc2ccccc2c1Cl)Nc1nc(-c2cccc(Br)c2)cs1. The summed E-state index contributed by atoms with van der Waals surface area (Å²) in [5.41, 5.74) is 1.68. The molecular formula is C20H12BrClN2O3S2. The minimum absolute atomic E-state index is 0.284. The van der Waals surface area contributed by atoms with E-state index >= 15 is 0 Å². The molecule has 1 amide bonds. The lowest BCUT2D eigenvalue weighted by Crippen LogP contribution is -2.20. The van der Waals surface area contributed by atoms with Gasteiger partial charge < -0.3 is 4.74 Å². The van der Waals surface area contributed by atoms with Crippen LogP contribution >= 0.6 is 50.2 Å². The molecule has 0 aliphatic rings. The van der Waals surface area contributed by atoms with Crippen LogP contribution in [0.2, 0.25) is 5.02 Å². The molecule has 0 saturated heterocycles. The van der Waals surface area contributed by atoms with Gasteiger partial charge in [-0.15, -0.1) is 22.7 Å². The normalized spacial score (nSPS) is 10.8. The van der Waals surface area contributed by atoms with Gasteiger partial charge in [0, 0.05) is 25.5 Å². The van der Waals surface area contributed by atoms with Gasteiger partial charge in [-0.05, 0) is 18.2 Å². The number of aromatic nitrogens is 1. The Hall–Kier alpha value is -2.26. The van der Waals surface area contributed by atoms with Gasteiger partial charge >= 0.3 is 5.97 Å². The molecule has 2 heterocycles.